The monoisotopic (exact) mass is 256 g/mol. The molecular weight excluding hydrogens is 228 g/mol. The molecule has 1 amide bonds. The molecule has 18 heavy (non-hydrogen) atoms. The van der Waals surface area contributed by atoms with Crippen LogP contribution >= 0.6 is 0 Å². The first kappa shape index (κ1) is 15.4. The Hall–Kier alpha value is -0.610. The third-order valence-electron chi connectivity index (χ3n) is 3.69. The summed E-state index contributed by atoms with van der Waals surface area (Å²) in [4.78, 5) is 11.9. The number of aliphatic hydroxyl groups excluding tert-OH is 1. The number of carbonyl (C=O) groups is 1. The van der Waals surface area contributed by atoms with Gasteiger partial charge in [-0.15, -0.1) is 0 Å². The maximum Gasteiger partial charge on any atom is 0.220 e. The number of amides is 1. The third-order valence-corrected chi connectivity index (χ3v) is 3.69. The summed E-state index contributed by atoms with van der Waals surface area (Å²) in [5.74, 6) is 0.856. The third kappa shape index (κ3) is 5.36. The van der Waals surface area contributed by atoms with Crippen LogP contribution in [0, 0.1) is 11.8 Å². The summed E-state index contributed by atoms with van der Waals surface area (Å²) in [7, 11) is 0. The van der Waals surface area contributed by atoms with Crippen LogP contribution in [-0.4, -0.2) is 29.7 Å². The number of hydrogen-bond acceptors (Lipinski definition) is 3. The van der Waals surface area contributed by atoms with Crippen molar-refractivity contribution in [2.45, 2.75) is 64.5 Å². The molecule has 1 aliphatic rings. The van der Waals surface area contributed by atoms with Crippen LogP contribution in [-0.2, 0) is 4.79 Å². The van der Waals surface area contributed by atoms with Crippen molar-refractivity contribution in [2.75, 3.05) is 6.54 Å². The maximum absolute atomic E-state index is 11.9. The fourth-order valence-corrected chi connectivity index (χ4v) is 2.74. The van der Waals surface area contributed by atoms with Gasteiger partial charge in [-0.1, -0.05) is 26.7 Å². The quantitative estimate of drug-likeness (QED) is 0.672. The molecule has 0 bridgehead atoms. The van der Waals surface area contributed by atoms with E-state index in [1.165, 1.54) is 0 Å². The molecule has 0 radical (unpaired) electrons. The van der Waals surface area contributed by atoms with Gasteiger partial charge < -0.3 is 16.2 Å². The molecule has 0 aromatic heterocycles. The largest absolute Gasteiger partial charge is 0.391 e. The number of aliphatic hydroxyl groups is 1. The van der Waals surface area contributed by atoms with Crippen LogP contribution in [0.1, 0.15) is 52.4 Å². The summed E-state index contributed by atoms with van der Waals surface area (Å²) in [6.45, 7) is 4.84. The van der Waals surface area contributed by atoms with Gasteiger partial charge >= 0.3 is 0 Å². The second kappa shape index (κ2) is 7.74. The number of hydrogen-bond donors (Lipinski definition) is 3. The second-order valence-electron chi connectivity index (χ2n) is 5.96. The predicted molar refractivity (Wildman–Crippen MR) is 73.0 cm³/mol. The van der Waals surface area contributed by atoms with E-state index in [1.807, 2.05) is 0 Å². The Morgan fingerprint density at radius 3 is 2.61 bits per heavy atom. The van der Waals surface area contributed by atoms with E-state index >= 15 is 0 Å². The van der Waals surface area contributed by atoms with Crippen molar-refractivity contribution in [2.24, 2.45) is 17.6 Å². The lowest BCUT2D eigenvalue weighted by Crippen LogP contribution is -2.45. The Kier molecular flexibility index (Phi) is 6.65. The second-order valence-corrected chi connectivity index (χ2v) is 5.96. The van der Waals surface area contributed by atoms with Gasteiger partial charge in [0.25, 0.3) is 0 Å². The first-order valence-electron chi connectivity index (χ1n) is 7.20. The minimum absolute atomic E-state index is 0.0389. The zero-order valence-electron chi connectivity index (χ0n) is 11.7. The van der Waals surface area contributed by atoms with Gasteiger partial charge in [0.05, 0.1) is 12.1 Å². The maximum atomic E-state index is 11.9. The normalized spacial score (nSPS) is 26.1. The van der Waals surface area contributed by atoms with Crippen LogP contribution < -0.4 is 11.1 Å². The smallest absolute Gasteiger partial charge is 0.220 e. The summed E-state index contributed by atoms with van der Waals surface area (Å²) in [6.07, 6.45) is 4.95. The molecule has 4 N–H and O–H groups in total. The molecular formula is C14H28N2O2. The van der Waals surface area contributed by atoms with Gasteiger partial charge in [-0.2, -0.15) is 0 Å². The van der Waals surface area contributed by atoms with Gasteiger partial charge in [-0.3, -0.25) is 4.79 Å². The van der Waals surface area contributed by atoms with Crippen molar-refractivity contribution in [3.8, 4) is 0 Å². The number of rotatable bonds is 6. The van der Waals surface area contributed by atoms with Gasteiger partial charge in [-0.05, 0) is 37.6 Å². The molecule has 1 aliphatic carbocycles. The van der Waals surface area contributed by atoms with Crippen molar-refractivity contribution in [1.82, 2.24) is 5.32 Å². The molecule has 3 atom stereocenters. The molecule has 1 saturated carbocycles. The molecule has 106 valence electrons. The van der Waals surface area contributed by atoms with Crippen molar-refractivity contribution in [1.29, 1.82) is 0 Å². The summed E-state index contributed by atoms with van der Waals surface area (Å²) < 4.78 is 0. The van der Waals surface area contributed by atoms with Crippen molar-refractivity contribution in [3.63, 3.8) is 0 Å². The van der Waals surface area contributed by atoms with Gasteiger partial charge in [0.2, 0.25) is 5.91 Å². The number of nitrogens with two attached hydrogens (primary N) is 1. The van der Waals surface area contributed by atoms with E-state index in [-0.39, 0.29) is 24.0 Å². The van der Waals surface area contributed by atoms with Crippen LogP contribution in [0.5, 0.6) is 0 Å². The molecule has 4 nitrogen and oxygen atoms in total. The highest BCUT2D eigenvalue weighted by atomic mass is 16.3. The van der Waals surface area contributed by atoms with Crippen LogP contribution in [0.4, 0.5) is 0 Å². The molecule has 1 unspecified atom stereocenters. The number of carbonyl (C=O) groups excluding carboxylic acids is 1. The Morgan fingerprint density at radius 1 is 1.39 bits per heavy atom. The molecule has 0 heterocycles. The van der Waals surface area contributed by atoms with Crippen LogP contribution in [0.2, 0.25) is 0 Å². The van der Waals surface area contributed by atoms with E-state index in [1.54, 1.807) is 0 Å². The molecule has 0 aromatic carbocycles. The first-order valence-corrected chi connectivity index (χ1v) is 7.20. The van der Waals surface area contributed by atoms with Crippen LogP contribution in [0.25, 0.3) is 0 Å². The molecule has 1 rings (SSSR count). The minimum atomic E-state index is -0.371. The van der Waals surface area contributed by atoms with E-state index in [2.05, 4.69) is 19.2 Å². The summed E-state index contributed by atoms with van der Waals surface area (Å²) in [5.41, 5.74) is 5.70. The summed E-state index contributed by atoms with van der Waals surface area (Å²) >= 11 is 0. The van der Waals surface area contributed by atoms with E-state index in [4.69, 9.17) is 5.73 Å². The molecule has 0 saturated heterocycles. The van der Waals surface area contributed by atoms with Crippen molar-refractivity contribution >= 4 is 5.91 Å². The van der Waals surface area contributed by atoms with Gasteiger partial charge in [-0.25, -0.2) is 0 Å². The predicted octanol–water partition coefficient (Wildman–Crippen LogP) is 1.42. The Bertz CT molecular complexity index is 256. The molecule has 1 fully saturated rings. The highest BCUT2D eigenvalue weighted by Crippen LogP contribution is 2.19. The molecule has 0 spiro atoms. The minimum Gasteiger partial charge on any atom is -0.391 e. The Balaban J connectivity index is 2.34. The van der Waals surface area contributed by atoms with Gasteiger partial charge in [0.15, 0.2) is 0 Å². The average molecular weight is 256 g/mol. The summed E-state index contributed by atoms with van der Waals surface area (Å²) in [6, 6.07) is -0.0521. The highest BCUT2D eigenvalue weighted by Gasteiger charge is 2.25. The van der Waals surface area contributed by atoms with E-state index in [0.717, 1.165) is 32.1 Å². The zero-order chi connectivity index (χ0) is 13.5. The lowest BCUT2D eigenvalue weighted by Gasteiger charge is -2.29. The fraction of sp³-hybridized carbons (Fsp3) is 0.929. The van der Waals surface area contributed by atoms with Gasteiger partial charge in [0, 0.05) is 6.42 Å². The molecule has 0 aliphatic heterocycles. The van der Waals surface area contributed by atoms with Crippen LogP contribution in [0.15, 0.2) is 0 Å². The zero-order valence-corrected chi connectivity index (χ0v) is 11.7. The number of nitrogens with one attached hydrogen (secondary N) is 1. The molecule has 0 aromatic rings. The lowest BCUT2D eigenvalue weighted by atomic mass is 9.91. The standard InChI is InChI=1S/C14H28N2O2/c1-10(2)7-11(9-15)8-14(18)16-12-5-3-4-6-13(12)17/h10-13,17H,3-9,15H2,1-2H3,(H,16,18)/t11?,12-,13-/m0/s1. The van der Waals surface area contributed by atoms with E-state index in [0.29, 0.717) is 18.9 Å². The van der Waals surface area contributed by atoms with Crippen molar-refractivity contribution in [3.05, 3.63) is 0 Å². The van der Waals surface area contributed by atoms with Gasteiger partial charge in [0.1, 0.15) is 0 Å². The van der Waals surface area contributed by atoms with E-state index < -0.39 is 0 Å². The van der Waals surface area contributed by atoms with Crippen molar-refractivity contribution < 1.29 is 9.90 Å². The fourth-order valence-electron chi connectivity index (χ4n) is 2.74. The Morgan fingerprint density at radius 2 is 2.06 bits per heavy atom. The van der Waals surface area contributed by atoms with E-state index in [9.17, 15) is 9.90 Å². The first-order chi connectivity index (χ1) is 8.52. The molecule has 4 heteroatoms. The average Bonchev–Trinajstić information content (AvgIpc) is 2.30. The summed E-state index contributed by atoms with van der Waals surface area (Å²) in [5, 5.41) is 12.8. The highest BCUT2D eigenvalue weighted by molar-refractivity contribution is 5.76. The topological polar surface area (TPSA) is 75.4 Å². The SMILES string of the molecule is CC(C)CC(CN)CC(=O)N[C@H]1CCCC[C@@H]1O. The van der Waals surface area contributed by atoms with Crippen LogP contribution in [0.3, 0.4) is 0 Å². The Labute approximate surface area is 110 Å². The lowest BCUT2D eigenvalue weighted by molar-refractivity contribution is -0.124.